The first-order chi connectivity index (χ1) is 7.27. The van der Waals surface area contributed by atoms with Crippen LogP contribution in [0, 0.1) is 17.1 Å². The van der Waals surface area contributed by atoms with Gasteiger partial charge < -0.3 is 0 Å². The SMILES string of the molecule is N#Cc1cc(S(=O)(=O)Cl)nc(C(F)F)c1F. The normalized spacial score (nSPS) is 11.5. The maximum absolute atomic E-state index is 13.1. The van der Waals surface area contributed by atoms with Crippen molar-refractivity contribution in [2.75, 3.05) is 0 Å². The minimum Gasteiger partial charge on any atom is -0.231 e. The molecule has 1 heterocycles. The number of aromatic nitrogens is 1. The summed E-state index contributed by atoms with van der Waals surface area (Å²) in [4.78, 5) is 2.86. The number of hydrogen-bond donors (Lipinski definition) is 0. The number of rotatable bonds is 2. The van der Waals surface area contributed by atoms with Crippen molar-refractivity contribution >= 4 is 19.7 Å². The summed E-state index contributed by atoms with van der Waals surface area (Å²) in [7, 11) is 0.451. The molecule has 16 heavy (non-hydrogen) atoms. The van der Waals surface area contributed by atoms with Crippen LogP contribution < -0.4 is 0 Å². The van der Waals surface area contributed by atoms with Gasteiger partial charge in [-0.1, -0.05) is 0 Å². The predicted octanol–water partition coefficient (Wildman–Crippen LogP) is 1.96. The Morgan fingerprint density at radius 3 is 2.44 bits per heavy atom. The lowest BCUT2D eigenvalue weighted by atomic mass is 10.2. The molecule has 0 aliphatic carbocycles. The smallest absolute Gasteiger partial charge is 0.231 e. The molecule has 1 aromatic heterocycles. The van der Waals surface area contributed by atoms with Gasteiger partial charge in [0, 0.05) is 10.7 Å². The zero-order valence-corrected chi connectivity index (χ0v) is 8.86. The molecule has 0 amide bonds. The predicted molar refractivity (Wildman–Crippen MR) is 46.9 cm³/mol. The maximum Gasteiger partial charge on any atom is 0.283 e. The highest BCUT2D eigenvalue weighted by atomic mass is 35.7. The van der Waals surface area contributed by atoms with Crippen LogP contribution in [0.25, 0.3) is 0 Å². The average Bonchev–Trinajstić information content (AvgIpc) is 2.15. The molecule has 0 radical (unpaired) electrons. The van der Waals surface area contributed by atoms with E-state index in [-0.39, 0.29) is 0 Å². The molecule has 1 rings (SSSR count). The maximum atomic E-state index is 13.1. The highest BCUT2D eigenvalue weighted by molar-refractivity contribution is 8.13. The molecular formula is C7H2ClF3N2O2S. The van der Waals surface area contributed by atoms with Gasteiger partial charge in [-0.15, -0.1) is 0 Å². The molecule has 0 spiro atoms. The van der Waals surface area contributed by atoms with Gasteiger partial charge in [0.25, 0.3) is 15.5 Å². The van der Waals surface area contributed by atoms with Crippen LogP contribution in [0.2, 0.25) is 0 Å². The largest absolute Gasteiger partial charge is 0.283 e. The van der Waals surface area contributed by atoms with Gasteiger partial charge in [0.05, 0.1) is 5.56 Å². The fourth-order valence-electron chi connectivity index (χ4n) is 0.876. The molecular weight excluding hydrogens is 269 g/mol. The third-order valence-corrected chi connectivity index (χ3v) is 2.72. The van der Waals surface area contributed by atoms with Crippen molar-refractivity contribution in [3.63, 3.8) is 0 Å². The highest BCUT2D eigenvalue weighted by Gasteiger charge is 2.24. The van der Waals surface area contributed by atoms with Crippen molar-refractivity contribution in [3.8, 4) is 6.07 Å². The van der Waals surface area contributed by atoms with Crippen molar-refractivity contribution in [2.45, 2.75) is 11.5 Å². The first-order valence-corrected chi connectivity index (χ1v) is 5.91. The minimum absolute atomic E-state index is 0.490. The molecule has 0 saturated carbocycles. The Morgan fingerprint density at radius 1 is 1.50 bits per heavy atom. The van der Waals surface area contributed by atoms with E-state index < -0.39 is 37.6 Å². The van der Waals surface area contributed by atoms with E-state index in [9.17, 15) is 21.6 Å². The Hall–Kier alpha value is -1.33. The van der Waals surface area contributed by atoms with Crippen molar-refractivity contribution in [2.24, 2.45) is 0 Å². The molecule has 86 valence electrons. The Morgan fingerprint density at radius 2 is 2.06 bits per heavy atom. The topological polar surface area (TPSA) is 70.8 Å². The third-order valence-electron chi connectivity index (χ3n) is 1.54. The molecule has 0 atom stereocenters. The molecule has 0 fully saturated rings. The van der Waals surface area contributed by atoms with E-state index in [0.29, 0.717) is 6.07 Å². The molecule has 0 bridgehead atoms. The van der Waals surface area contributed by atoms with Crippen molar-refractivity contribution in [3.05, 3.63) is 23.1 Å². The zero-order chi connectivity index (χ0) is 12.5. The summed E-state index contributed by atoms with van der Waals surface area (Å²) in [5.41, 5.74) is -2.28. The second-order valence-corrected chi connectivity index (χ2v) is 5.07. The molecule has 0 aliphatic rings. The fourth-order valence-corrected chi connectivity index (χ4v) is 1.58. The van der Waals surface area contributed by atoms with E-state index in [1.807, 2.05) is 0 Å². The molecule has 0 aromatic carbocycles. The second-order valence-electron chi connectivity index (χ2n) is 2.56. The standard InChI is InChI=1S/C7H2ClF3N2O2S/c8-16(14,15)4-1-3(2-12)5(9)6(13-4)7(10)11/h1,7H. The number of pyridine rings is 1. The van der Waals surface area contributed by atoms with Crippen LogP contribution in [0.4, 0.5) is 13.2 Å². The van der Waals surface area contributed by atoms with Crippen molar-refractivity contribution in [1.82, 2.24) is 4.98 Å². The van der Waals surface area contributed by atoms with Crippen LogP contribution in [0.15, 0.2) is 11.1 Å². The number of hydrogen-bond acceptors (Lipinski definition) is 4. The van der Waals surface area contributed by atoms with E-state index in [0.717, 1.165) is 0 Å². The van der Waals surface area contributed by atoms with Crippen LogP contribution in [0.3, 0.4) is 0 Å². The number of alkyl halides is 2. The van der Waals surface area contributed by atoms with E-state index in [1.165, 1.54) is 6.07 Å². The molecule has 4 nitrogen and oxygen atoms in total. The summed E-state index contributed by atoms with van der Waals surface area (Å²) in [5, 5.41) is 7.43. The monoisotopic (exact) mass is 270 g/mol. The van der Waals surface area contributed by atoms with Crippen LogP contribution in [0.1, 0.15) is 17.7 Å². The van der Waals surface area contributed by atoms with Gasteiger partial charge in [0.1, 0.15) is 11.8 Å². The fraction of sp³-hybridized carbons (Fsp3) is 0.143. The van der Waals surface area contributed by atoms with Gasteiger partial charge in [-0.25, -0.2) is 26.6 Å². The van der Waals surface area contributed by atoms with E-state index in [2.05, 4.69) is 4.98 Å². The Balaban J connectivity index is 3.61. The van der Waals surface area contributed by atoms with Gasteiger partial charge in [-0.05, 0) is 6.07 Å². The lowest BCUT2D eigenvalue weighted by Gasteiger charge is -2.04. The van der Waals surface area contributed by atoms with Gasteiger partial charge in [0.15, 0.2) is 10.8 Å². The number of nitrogens with zero attached hydrogens (tertiary/aromatic N) is 2. The Bertz CT molecular complexity index is 568. The third kappa shape index (κ3) is 2.43. The zero-order valence-electron chi connectivity index (χ0n) is 7.29. The summed E-state index contributed by atoms with van der Waals surface area (Å²) < 4.78 is 59.2. The van der Waals surface area contributed by atoms with Gasteiger partial charge in [-0.3, -0.25) is 0 Å². The molecule has 1 aromatic rings. The molecule has 0 saturated heterocycles. The van der Waals surface area contributed by atoms with E-state index in [1.54, 1.807) is 0 Å². The highest BCUT2D eigenvalue weighted by Crippen LogP contribution is 2.25. The molecule has 9 heteroatoms. The van der Waals surface area contributed by atoms with Gasteiger partial charge in [0.2, 0.25) is 0 Å². The number of nitriles is 1. The van der Waals surface area contributed by atoms with Crippen molar-refractivity contribution in [1.29, 1.82) is 5.26 Å². The first-order valence-electron chi connectivity index (χ1n) is 3.60. The minimum atomic E-state index is -4.40. The summed E-state index contributed by atoms with van der Waals surface area (Å²) in [6.07, 6.45) is -3.34. The molecule has 0 aliphatic heterocycles. The average molecular weight is 271 g/mol. The quantitative estimate of drug-likeness (QED) is 0.770. The summed E-state index contributed by atoms with van der Waals surface area (Å²) in [6, 6.07) is 1.72. The second kappa shape index (κ2) is 4.27. The van der Waals surface area contributed by atoms with Gasteiger partial charge >= 0.3 is 0 Å². The Labute approximate surface area is 92.7 Å². The Kier molecular flexibility index (Phi) is 3.40. The van der Waals surface area contributed by atoms with Crippen LogP contribution in [0.5, 0.6) is 0 Å². The lowest BCUT2D eigenvalue weighted by Crippen LogP contribution is -2.05. The van der Waals surface area contributed by atoms with Crippen molar-refractivity contribution < 1.29 is 21.6 Å². The van der Waals surface area contributed by atoms with Gasteiger partial charge in [-0.2, -0.15) is 5.26 Å². The van der Waals surface area contributed by atoms with E-state index >= 15 is 0 Å². The van der Waals surface area contributed by atoms with E-state index in [4.69, 9.17) is 15.9 Å². The first kappa shape index (κ1) is 12.7. The van der Waals surface area contributed by atoms with Crippen LogP contribution in [-0.4, -0.2) is 13.4 Å². The molecule has 0 N–H and O–H groups in total. The lowest BCUT2D eigenvalue weighted by molar-refractivity contribution is 0.139. The summed E-state index contributed by atoms with van der Waals surface area (Å²) in [5.74, 6) is -1.55. The summed E-state index contributed by atoms with van der Waals surface area (Å²) in [6.45, 7) is 0. The molecule has 0 unspecified atom stereocenters. The summed E-state index contributed by atoms with van der Waals surface area (Å²) >= 11 is 0. The number of halogens is 4. The van der Waals surface area contributed by atoms with Crippen LogP contribution in [-0.2, 0) is 9.05 Å². The van der Waals surface area contributed by atoms with Crippen LogP contribution >= 0.6 is 10.7 Å².